The summed E-state index contributed by atoms with van der Waals surface area (Å²) in [6.45, 7) is 2.47. The molecule has 0 aliphatic heterocycles. The molecule has 16 heavy (non-hydrogen) atoms. The summed E-state index contributed by atoms with van der Waals surface area (Å²) in [5.74, 6) is 1.74. The number of aromatic nitrogens is 2. The van der Waals surface area contributed by atoms with Crippen LogP contribution in [0.3, 0.4) is 0 Å². The van der Waals surface area contributed by atoms with Crippen molar-refractivity contribution in [2.75, 3.05) is 7.11 Å². The first-order valence-electron chi connectivity index (χ1n) is 5.13. The van der Waals surface area contributed by atoms with Crippen LogP contribution in [-0.2, 0) is 6.54 Å². The van der Waals surface area contributed by atoms with Crippen molar-refractivity contribution in [3.8, 4) is 11.4 Å². The Hall–Kier alpha value is -1.81. The number of rotatable bonds is 3. The van der Waals surface area contributed by atoms with Crippen molar-refractivity contribution in [3.05, 3.63) is 42.0 Å². The number of hydrogen-bond acceptors (Lipinski definition) is 3. The lowest BCUT2D eigenvalue weighted by atomic mass is 10.2. The third kappa shape index (κ3) is 1.79. The average molecular weight is 217 g/mol. The van der Waals surface area contributed by atoms with Gasteiger partial charge in [-0.05, 0) is 24.6 Å². The van der Waals surface area contributed by atoms with E-state index in [1.54, 1.807) is 13.3 Å². The highest BCUT2D eigenvalue weighted by atomic mass is 16.5. The van der Waals surface area contributed by atoms with Gasteiger partial charge < -0.3 is 15.0 Å². The smallest absolute Gasteiger partial charge is 0.142 e. The zero-order chi connectivity index (χ0) is 11.5. The number of imidazole rings is 1. The van der Waals surface area contributed by atoms with Crippen molar-refractivity contribution in [2.45, 2.75) is 13.5 Å². The van der Waals surface area contributed by atoms with Crippen molar-refractivity contribution in [1.82, 2.24) is 9.55 Å². The molecule has 0 saturated carbocycles. The van der Waals surface area contributed by atoms with Crippen LogP contribution in [0.1, 0.15) is 11.4 Å². The van der Waals surface area contributed by atoms with Crippen LogP contribution in [0.2, 0.25) is 0 Å². The molecule has 0 spiro atoms. The number of methoxy groups -OCH3 is 1. The maximum absolute atomic E-state index is 5.64. The number of ether oxygens (including phenoxy) is 1. The number of benzene rings is 1. The maximum atomic E-state index is 5.64. The fourth-order valence-corrected chi connectivity index (χ4v) is 1.68. The van der Waals surface area contributed by atoms with Crippen molar-refractivity contribution in [3.63, 3.8) is 0 Å². The Morgan fingerprint density at radius 2 is 2.25 bits per heavy atom. The van der Waals surface area contributed by atoms with E-state index in [4.69, 9.17) is 10.5 Å². The second kappa shape index (κ2) is 4.37. The fourth-order valence-electron chi connectivity index (χ4n) is 1.68. The molecule has 0 saturated heterocycles. The van der Waals surface area contributed by atoms with E-state index in [2.05, 4.69) is 4.98 Å². The minimum absolute atomic E-state index is 0.519. The maximum Gasteiger partial charge on any atom is 0.142 e. The molecule has 1 aromatic carbocycles. The van der Waals surface area contributed by atoms with E-state index in [0.717, 1.165) is 22.8 Å². The van der Waals surface area contributed by atoms with Crippen LogP contribution in [0.25, 0.3) is 5.69 Å². The average Bonchev–Trinajstić information content (AvgIpc) is 2.74. The lowest BCUT2D eigenvalue weighted by Gasteiger charge is -2.12. The van der Waals surface area contributed by atoms with Gasteiger partial charge in [-0.1, -0.05) is 6.07 Å². The first-order chi connectivity index (χ1) is 7.76. The summed E-state index contributed by atoms with van der Waals surface area (Å²) in [7, 11) is 1.66. The van der Waals surface area contributed by atoms with Crippen LogP contribution in [-0.4, -0.2) is 16.7 Å². The standard InChI is InChI=1S/C12H15N3O/c1-9-14-5-6-15(9)11-7-10(8-13)3-4-12(11)16-2/h3-7H,8,13H2,1-2H3. The molecule has 84 valence electrons. The predicted molar refractivity (Wildman–Crippen MR) is 62.7 cm³/mol. The predicted octanol–water partition coefficient (Wildman–Crippen LogP) is 1.65. The van der Waals surface area contributed by atoms with Crippen LogP contribution in [0.4, 0.5) is 0 Å². The second-order valence-electron chi connectivity index (χ2n) is 3.55. The summed E-state index contributed by atoms with van der Waals surface area (Å²) >= 11 is 0. The first kappa shape index (κ1) is 10.7. The van der Waals surface area contributed by atoms with Crippen molar-refractivity contribution in [1.29, 1.82) is 0 Å². The molecule has 0 fully saturated rings. The zero-order valence-corrected chi connectivity index (χ0v) is 9.47. The van der Waals surface area contributed by atoms with Gasteiger partial charge in [0.05, 0.1) is 12.8 Å². The number of aryl methyl sites for hydroxylation is 1. The largest absolute Gasteiger partial charge is 0.495 e. The first-order valence-corrected chi connectivity index (χ1v) is 5.13. The third-order valence-corrected chi connectivity index (χ3v) is 2.56. The lowest BCUT2D eigenvalue weighted by Crippen LogP contribution is -2.02. The number of hydrogen-bond donors (Lipinski definition) is 1. The van der Waals surface area contributed by atoms with Crippen LogP contribution in [0.15, 0.2) is 30.6 Å². The molecule has 1 aromatic heterocycles. The Labute approximate surface area is 94.7 Å². The summed E-state index contributed by atoms with van der Waals surface area (Å²) in [5, 5.41) is 0. The van der Waals surface area contributed by atoms with Crippen LogP contribution >= 0.6 is 0 Å². The van der Waals surface area contributed by atoms with Crippen LogP contribution < -0.4 is 10.5 Å². The summed E-state index contributed by atoms with van der Waals surface area (Å²) in [5.41, 5.74) is 7.68. The van der Waals surface area contributed by atoms with Gasteiger partial charge in [0.2, 0.25) is 0 Å². The topological polar surface area (TPSA) is 53.1 Å². The molecule has 2 N–H and O–H groups in total. The van der Waals surface area contributed by atoms with E-state index in [1.807, 2.05) is 35.9 Å². The monoisotopic (exact) mass is 217 g/mol. The van der Waals surface area contributed by atoms with E-state index in [0.29, 0.717) is 6.54 Å². The van der Waals surface area contributed by atoms with Crippen LogP contribution in [0.5, 0.6) is 5.75 Å². The van der Waals surface area contributed by atoms with Gasteiger partial charge in [-0.25, -0.2) is 4.98 Å². The second-order valence-corrected chi connectivity index (χ2v) is 3.55. The summed E-state index contributed by atoms with van der Waals surface area (Å²) in [6.07, 6.45) is 3.68. The Kier molecular flexibility index (Phi) is 2.92. The van der Waals surface area contributed by atoms with Gasteiger partial charge in [-0.15, -0.1) is 0 Å². The molecule has 4 nitrogen and oxygen atoms in total. The molecular weight excluding hydrogens is 202 g/mol. The minimum atomic E-state index is 0.519. The van der Waals surface area contributed by atoms with Crippen molar-refractivity contribution < 1.29 is 4.74 Å². The van der Waals surface area contributed by atoms with Gasteiger partial charge >= 0.3 is 0 Å². The summed E-state index contributed by atoms with van der Waals surface area (Å²) in [6, 6.07) is 5.92. The highest BCUT2D eigenvalue weighted by molar-refractivity contribution is 5.49. The molecule has 0 radical (unpaired) electrons. The Balaban J connectivity index is 2.57. The minimum Gasteiger partial charge on any atom is -0.495 e. The SMILES string of the molecule is COc1ccc(CN)cc1-n1ccnc1C. The van der Waals surface area contributed by atoms with E-state index in [1.165, 1.54) is 0 Å². The van der Waals surface area contributed by atoms with Gasteiger partial charge in [0.15, 0.2) is 0 Å². The molecule has 1 heterocycles. The normalized spacial score (nSPS) is 10.4. The molecule has 2 aromatic rings. The lowest BCUT2D eigenvalue weighted by molar-refractivity contribution is 0.412. The molecule has 0 aliphatic carbocycles. The highest BCUT2D eigenvalue weighted by Crippen LogP contribution is 2.24. The highest BCUT2D eigenvalue weighted by Gasteiger charge is 2.07. The van der Waals surface area contributed by atoms with Gasteiger partial charge in [0.25, 0.3) is 0 Å². The molecule has 0 aliphatic rings. The van der Waals surface area contributed by atoms with E-state index in [9.17, 15) is 0 Å². The van der Waals surface area contributed by atoms with Crippen LogP contribution in [0, 0.1) is 6.92 Å². The number of nitrogens with zero attached hydrogens (tertiary/aromatic N) is 2. The molecular formula is C12H15N3O. The Bertz CT molecular complexity index is 491. The van der Waals surface area contributed by atoms with Crippen molar-refractivity contribution in [2.24, 2.45) is 5.73 Å². The Morgan fingerprint density at radius 1 is 1.44 bits per heavy atom. The summed E-state index contributed by atoms with van der Waals surface area (Å²) < 4.78 is 7.32. The van der Waals surface area contributed by atoms with E-state index >= 15 is 0 Å². The number of nitrogens with two attached hydrogens (primary N) is 1. The molecule has 4 heteroatoms. The van der Waals surface area contributed by atoms with E-state index < -0.39 is 0 Å². The summed E-state index contributed by atoms with van der Waals surface area (Å²) in [4.78, 5) is 4.20. The molecule has 2 rings (SSSR count). The zero-order valence-electron chi connectivity index (χ0n) is 9.47. The van der Waals surface area contributed by atoms with Crippen molar-refractivity contribution >= 4 is 0 Å². The molecule has 0 unspecified atom stereocenters. The third-order valence-electron chi connectivity index (χ3n) is 2.56. The fraction of sp³-hybridized carbons (Fsp3) is 0.250. The van der Waals surface area contributed by atoms with E-state index in [-0.39, 0.29) is 0 Å². The van der Waals surface area contributed by atoms with Gasteiger partial charge in [-0.3, -0.25) is 0 Å². The quantitative estimate of drug-likeness (QED) is 0.850. The van der Waals surface area contributed by atoms with Gasteiger partial charge in [0.1, 0.15) is 11.6 Å². The van der Waals surface area contributed by atoms with Gasteiger partial charge in [0, 0.05) is 18.9 Å². The van der Waals surface area contributed by atoms with Gasteiger partial charge in [-0.2, -0.15) is 0 Å². The Morgan fingerprint density at radius 3 is 2.81 bits per heavy atom. The molecule has 0 bridgehead atoms. The molecule has 0 atom stereocenters. The molecule has 0 amide bonds.